The van der Waals surface area contributed by atoms with Crippen LogP contribution >= 0.6 is 0 Å². The fourth-order valence-electron chi connectivity index (χ4n) is 1.47. The average molecular weight is 297 g/mol. The fraction of sp³-hybridized carbons (Fsp3) is 0.417. The predicted molar refractivity (Wildman–Crippen MR) is 70.2 cm³/mol. The van der Waals surface area contributed by atoms with Crippen molar-refractivity contribution >= 4 is 16.0 Å². The highest BCUT2D eigenvalue weighted by atomic mass is 32.2. The lowest BCUT2D eigenvalue weighted by Gasteiger charge is -2.20. The van der Waals surface area contributed by atoms with Crippen LogP contribution in [0.2, 0.25) is 0 Å². The molecule has 1 atom stereocenters. The molecule has 20 heavy (non-hydrogen) atoms. The van der Waals surface area contributed by atoms with Gasteiger partial charge in [-0.05, 0) is 18.1 Å². The van der Waals surface area contributed by atoms with Crippen LogP contribution in [0.3, 0.4) is 0 Å². The zero-order valence-electron chi connectivity index (χ0n) is 11.1. The van der Waals surface area contributed by atoms with Crippen LogP contribution in [0.5, 0.6) is 0 Å². The maximum atomic E-state index is 12.1. The predicted octanol–water partition coefficient (Wildman–Crippen LogP) is 0.731. The van der Waals surface area contributed by atoms with E-state index in [1.54, 1.807) is 19.9 Å². The minimum absolute atomic E-state index is 0.104. The first-order valence-corrected chi connectivity index (χ1v) is 7.35. The molecule has 0 saturated heterocycles. The summed E-state index contributed by atoms with van der Waals surface area (Å²) in [5, 5.41) is 17.4. The molecule has 7 nitrogen and oxygen atoms in total. The van der Waals surface area contributed by atoms with Gasteiger partial charge in [0.15, 0.2) is 0 Å². The number of hydrogen-bond donors (Lipinski definition) is 2. The highest BCUT2D eigenvalue weighted by molar-refractivity contribution is 7.89. The first kappa shape index (κ1) is 16.1. The number of hydrogen-bond acceptors (Lipinski definition) is 5. The van der Waals surface area contributed by atoms with E-state index in [1.807, 2.05) is 0 Å². The SMILES string of the molecule is CC(C)C(CC(=O)O)NS(=O)(=O)c1ccc(C#N)nc1. The maximum Gasteiger partial charge on any atom is 0.304 e. The van der Waals surface area contributed by atoms with Crippen molar-refractivity contribution < 1.29 is 18.3 Å². The number of nitriles is 1. The van der Waals surface area contributed by atoms with Gasteiger partial charge in [-0.15, -0.1) is 0 Å². The van der Waals surface area contributed by atoms with Gasteiger partial charge in [-0.3, -0.25) is 4.79 Å². The van der Waals surface area contributed by atoms with E-state index >= 15 is 0 Å². The number of carboxylic acids is 1. The summed E-state index contributed by atoms with van der Waals surface area (Å²) in [6.45, 7) is 3.46. The summed E-state index contributed by atoms with van der Waals surface area (Å²) in [6, 6.07) is 3.62. The fourth-order valence-corrected chi connectivity index (χ4v) is 2.80. The van der Waals surface area contributed by atoms with Crippen molar-refractivity contribution in [3.05, 3.63) is 24.0 Å². The summed E-state index contributed by atoms with van der Waals surface area (Å²) in [5.74, 6) is -1.25. The second kappa shape index (κ2) is 6.45. The average Bonchev–Trinajstić information content (AvgIpc) is 2.37. The van der Waals surface area contributed by atoms with E-state index in [0.29, 0.717) is 0 Å². The molecule has 8 heteroatoms. The van der Waals surface area contributed by atoms with Crippen LogP contribution in [0.15, 0.2) is 23.2 Å². The third-order valence-corrected chi connectivity index (χ3v) is 4.14. The standard InChI is InChI=1S/C12H15N3O4S/c1-8(2)11(5-12(16)17)15-20(18,19)10-4-3-9(6-13)14-7-10/h3-4,7-8,11,15H,5H2,1-2H3,(H,16,17). The second-order valence-corrected chi connectivity index (χ2v) is 6.27. The number of aromatic nitrogens is 1. The number of nitrogens with zero attached hydrogens (tertiary/aromatic N) is 2. The molecule has 1 aromatic rings. The van der Waals surface area contributed by atoms with Crippen LogP contribution in [-0.2, 0) is 14.8 Å². The van der Waals surface area contributed by atoms with Crippen LogP contribution in [0, 0.1) is 17.2 Å². The smallest absolute Gasteiger partial charge is 0.304 e. The molecule has 0 spiro atoms. The number of aliphatic carboxylic acids is 1. The Morgan fingerprint density at radius 3 is 2.55 bits per heavy atom. The molecular formula is C12H15N3O4S. The minimum Gasteiger partial charge on any atom is -0.481 e. The van der Waals surface area contributed by atoms with Crippen LogP contribution in [0.25, 0.3) is 0 Å². The zero-order chi connectivity index (χ0) is 15.3. The minimum atomic E-state index is -3.86. The molecule has 0 amide bonds. The molecule has 0 fully saturated rings. The Balaban J connectivity index is 2.97. The topological polar surface area (TPSA) is 120 Å². The lowest BCUT2D eigenvalue weighted by atomic mass is 10.0. The summed E-state index contributed by atoms with van der Waals surface area (Å²) < 4.78 is 26.5. The molecule has 0 aromatic carbocycles. The van der Waals surface area contributed by atoms with Crippen LogP contribution in [0.4, 0.5) is 0 Å². The number of carboxylic acid groups (broad SMARTS) is 1. The number of carbonyl (C=O) groups is 1. The first-order valence-electron chi connectivity index (χ1n) is 5.86. The van der Waals surface area contributed by atoms with Crippen LogP contribution < -0.4 is 4.72 Å². The Morgan fingerprint density at radius 1 is 1.50 bits per heavy atom. The van der Waals surface area contributed by atoms with Gasteiger partial charge in [-0.2, -0.15) is 5.26 Å². The van der Waals surface area contributed by atoms with Crippen molar-refractivity contribution in [1.82, 2.24) is 9.71 Å². The molecule has 108 valence electrons. The summed E-state index contributed by atoms with van der Waals surface area (Å²) in [5.41, 5.74) is 0.106. The van der Waals surface area contributed by atoms with Gasteiger partial charge in [-0.25, -0.2) is 18.1 Å². The van der Waals surface area contributed by atoms with E-state index in [-0.39, 0.29) is 22.9 Å². The molecule has 0 bridgehead atoms. The first-order chi connectivity index (χ1) is 9.26. The molecule has 0 saturated carbocycles. The summed E-state index contributed by atoms with van der Waals surface area (Å²) in [6.07, 6.45) is 0.764. The van der Waals surface area contributed by atoms with Crippen molar-refractivity contribution in [2.75, 3.05) is 0 Å². The zero-order valence-corrected chi connectivity index (χ0v) is 11.9. The normalized spacial score (nSPS) is 12.9. The highest BCUT2D eigenvalue weighted by Crippen LogP contribution is 2.13. The van der Waals surface area contributed by atoms with Crippen LogP contribution in [-0.4, -0.2) is 30.5 Å². The van der Waals surface area contributed by atoms with E-state index in [9.17, 15) is 13.2 Å². The van der Waals surface area contributed by atoms with E-state index in [2.05, 4.69) is 9.71 Å². The lowest BCUT2D eigenvalue weighted by molar-refractivity contribution is -0.137. The van der Waals surface area contributed by atoms with E-state index in [4.69, 9.17) is 10.4 Å². The summed E-state index contributed by atoms with van der Waals surface area (Å²) >= 11 is 0. The number of pyridine rings is 1. The Hall–Kier alpha value is -1.98. The van der Waals surface area contributed by atoms with Crippen molar-refractivity contribution in [1.29, 1.82) is 5.26 Å². The Kier molecular flexibility index (Phi) is 5.19. The van der Waals surface area contributed by atoms with Crippen molar-refractivity contribution in [3.63, 3.8) is 0 Å². The number of nitrogens with one attached hydrogen (secondary N) is 1. The van der Waals surface area contributed by atoms with Crippen molar-refractivity contribution in [2.24, 2.45) is 5.92 Å². The van der Waals surface area contributed by atoms with Gasteiger partial charge in [0.05, 0.1) is 6.42 Å². The van der Waals surface area contributed by atoms with E-state index in [1.165, 1.54) is 12.1 Å². The van der Waals surface area contributed by atoms with Gasteiger partial charge in [0.2, 0.25) is 10.0 Å². The molecule has 1 rings (SSSR count). The van der Waals surface area contributed by atoms with Crippen molar-refractivity contribution in [2.45, 2.75) is 31.2 Å². The molecule has 1 aromatic heterocycles. The maximum absolute atomic E-state index is 12.1. The Morgan fingerprint density at radius 2 is 2.15 bits per heavy atom. The van der Waals surface area contributed by atoms with E-state index in [0.717, 1.165) is 6.20 Å². The summed E-state index contributed by atoms with van der Waals surface area (Å²) in [7, 11) is -3.86. The third-order valence-electron chi connectivity index (χ3n) is 2.67. The molecule has 0 radical (unpaired) electrons. The molecule has 0 aliphatic heterocycles. The van der Waals surface area contributed by atoms with Crippen LogP contribution in [0.1, 0.15) is 26.0 Å². The highest BCUT2D eigenvalue weighted by Gasteiger charge is 2.24. The molecule has 0 aliphatic rings. The van der Waals surface area contributed by atoms with Crippen molar-refractivity contribution in [3.8, 4) is 6.07 Å². The lowest BCUT2D eigenvalue weighted by Crippen LogP contribution is -2.40. The quantitative estimate of drug-likeness (QED) is 0.798. The van der Waals surface area contributed by atoms with Gasteiger partial charge in [0.25, 0.3) is 0 Å². The van der Waals surface area contributed by atoms with Gasteiger partial charge in [0.1, 0.15) is 16.7 Å². The molecule has 1 unspecified atom stereocenters. The van der Waals surface area contributed by atoms with Gasteiger partial charge >= 0.3 is 5.97 Å². The molecule has 1 heterocycles. The Labute approximate surface area is 117 Å². The third kappa shape index (κ3) is 4.29. The van der Waals surface area contributed by atoms with Gasteiger partial charge in [0, 0.05) is 12.2 Å². The van der Waals surface area contributed by atoms with Gasteiger partial charge in [-0.1, -0.05) is 13.8 Å². The molecule has 0 aliphatic carbocycles. The largest absolute Gasteiger partial charge is 0.481 e. The molecule has 2 N–H and O–H groups in total. The molecular weight excluding hydrogens is 282 g/mol. The number of rotatable bonds is 6. The van der Waals surface area contributed by atoms with E-state index < -0.39 is 22.0 Å². The monoisotopic (exact) mass is 297 g/mol. The van der Waals surface area contributed by atoms with Gasteiger partial charge < -0.3 is 5.11 Å². The number of sulfonamides is 1. The second-order valence-electron chi connectivity index (χ2n) is 4.56. The summed E-state index contributed by atoms with van der Waals surface area (Å²) in [4.78, 5) is 14.3. The Bertz CT molecular complexity index is 617.